The Morgan fingerprint density at radius 2 is 2.25 bits per heavy atom. The lowest BCUT2D eigenvalue weighted by Gasteiger charge is -2.12. The van der Waals surface area contributed by atoms with E-state index in [0.717, 1.165) is 17.3 Å². The second kappa shape index (κ2) is 6.23. The first-order valence-electron chi connectivity index (χ1n) is 6.31. The SMILES string of the molecule is CNCc1cccc(F)c1Sc1n[nH]c(=O)n1C(C)C. The molecule has 2 N–H and O–H groups in total. The molecule has 0 saturated heterocycles. The van der Waals surface area contributed by atoms with E-state index in [1.165, 1.54) is 10.6 Å². The summed E-state index contributed by atoms with van der Waals surface area (Å²) in [5.41, 5.74) is 0.553. The summed E-state index contributed by atoms with van der Waals surface area (Å²) in [7, 11) is 1.80. The molecule has 0 atom stereocenters. The van der Waals surface area contributed by atoms with E-state index in [0.29, 0.717) is 16.6 Å². The maximum Gasteiger partial charge on any atom is 0.344 e. The van der Waals surface area contributed by atoms with Crippen LogP contribution in [0.25, 0.3) is 0 Å². The summed E-state index contributed by atoms with van der Waals surface area (Å²) in [6.45, 7) is 4.32. The minimum absolute atomic E-state index is 0.0386. The lowest BCUT2D eigenvalue weighted by molar-refractivity contribution is 0.532. The second-order valence-electron chi connectivity index (χ2n) is 4.64. The number of rotatable bonds is 5. The number of nitrogens with zero attached hydrogens (tertiary/aromatic N) is 2. The van der Waals surface area contributed by atoms with Gasteiger partial charge in [0.2, 0.25) is 0 Å². The van der Waals surface area contributed by atoms with Gasteiger partial charge in [0, 0.05) is 12.6 Å². The third kappa shape index (κ3) is 2.94. The highest BCUT2D eigenvalue weighted by molar-refractivity contribution is 7.99. The fourth-order valence-electron chi connectivity index (χ4n) is 1.91. The standard InChI is InChI=1S/C13H17FN4OS/c1-8(2)18-12(19)16-17-13(18)20-11-9(7-15-3)5-4-6-10(11)14/h4-6,8,15H,7H2,1-3H3,(H,16,19). The Hall–Kier alpha value is -1.60. The molecular formula is C13H17FN4OS. The molecular weight excluding hydrogens is 279 g/mol. The third-order valence-electron chi connectivity index (χ3n) is 2.80. The van der Waals surface area contributed by atoms with Crippen LogP contribution in [-0.2, 0) is 6.54 Å². The van der Waals surface area contributed by atoms with Gasteiger partial charge in [-0.3, -0.25) is 4.57 Å². The summed E-state index contributed by atoms with van der Waals surface area (Å²) in [4.78, 5) is 12.2. The monoisotopic (exact) mass is 296 g/mol. The van der Waals surface area contributed by atoms with Gasteiger partial charge in [-0.05, 0) is 44.3 Å². The number of benzene rings is 1. The number of hydrogen-bond donors (Lipinski definition) is 2. The number of aromatic nitrogens is 3. The van der Waals surface area contributed by atoms with E-state index in [-0.39, 0.29) is 17.5 Å². The fourth-order valence-corrected chi connectivity index (χ4v) is 3.01. The van der Waals surface area contributed by atoms with Crippen molar-refractivity contribution in [2.45, 2.75) is 36.5 Å². The molecule has 0 unspecified atom stereocenters. The number of H-pyrrole nitrogens is 1. The highest BCUT2D eigenvalue weighted by Gasteiger charge is 2.16. The van der Waals surface area contributed by atoms with Crippen LogP contribution in [0.1, 0.15) is 25.5 Å². The van der Waals surface area contributed by atoms with Crippen LogP contribution in [0.2, 0.25) is 0 Å². The summed E-state index contributed by atoms with van der Waals surface area (Å²) in [6.07, 6.45) is 0. The highest BCUT2D eigenvalue weighted by Crippen LogP contribution is 2.31. The molecule has 2 aromatic rings. The molecule has 0 amide bonds. The molecule has 2 rings (SSSR count). The maximum absolute atomic E-state index is 14.0. The van der Waals surface area contributed by atoms with Crippen molar-refractivity contribution in [2.24, 2.45) is 0 Å². The summed E-state index contributed by atoms with van der Waals surface area (Å²) >= 11 is 1.16. The van der Waals surface area contributed by atoms with Crippen molar-refractivity contribution >= 4 is 11.8 Å². The maximum atomic E-state index is 14.0. The molecule has 0 fully saturated rings. The molecule has 0 aliphatic rings. The molecule has 20 heavy (non-hydrogen) atoms. The molecule has 1 aromatic carbocycles. The van der Waals surface area contributed by atoms with E-state index >= 15 is 0 Å². The van der Waals surface area contributed by atoms with Crippen molar-refractivity contribution in [1.82, 2.24) is 20.1 Å². The molecule has 0 bridgehead atoms. The van der Waals surface area contributed by atoms with Gasteiger partial charge in [-0.15, -0.1) is 5.10 Å². The van der Waals surface area contributed by atoms with Crippen LogP contribution in [-0.4, -0.2) is 21.8 Å². The largest absolute Gasteiger partial charge is 0.344 e. The third-order valence-corrected chi connectivity index (χ3v) is 3.93. The van der Waals surface area contributed by atoms with Gasteiger partial charge in [0.25, 0.3) is 0 Å². The first-order chi connectivity index (χ1) is 9.54. The van der Waals surface area contributed by atoms with Gasteiger partial charge in [-0.25, -0.2) is 14.3 Å². The van der Waals surface area contributed by atoms with E-state index in [1.54, 1.807) is 13.1 Å². The predicted octanol–water partition coefficient (Wildman–Crippen LogP) is 2.16. The van der Waals surface area contributed by atoms with Crippen LogP contribution in [0.4, 0.5) is 4.39 Å². The summed E-state index contributed by atoms with van der Waals surface area (Å²) < 4.78 is 15.5. The Bertz CT molecular complexity index is 650. The van der Waals surface area contributed by atoms with Crippen molar-refractivity contribution < 1.29 is 4.39 Å². The number of halogens is 1. The van der Waals surface area contributed by atoms with Crippen molar-refractivity contribution in [3.63, 3.8) is 0 Å². The first-order valence-corrected chi connectivity index (χ1v) is 7.13. The van der Waals surface area contributed by atoms with E-state index in [4.69, 9.17) is 0 Å². The topological polar surface area (TPSA) is 62.7 Å². The average Bonchev–Trinajstić information content (AvgIpc) is 2.75. The van der Waals surface area contributed by atoms with Crippen molar-refractivity contribution in [3.05, 3.63) is 40.1 Å². The van der Waals surface area contributed by atoms with Crippen LogP contribution in [0.15, 0.2) is 33.0 Å². The minimum Gasteiger partial charge on any atom is -0.316 e. The Balaban J connectivity index is 2.42. The van der Waals surface area contributed by atoms with Gasteiger partial charge in [0.05, 0.1) is 4.90 Å². The zero-order chi connectivity index (χ0) is 14.7. The van der Waals surface area contributed by atoms with Gasteiger partial charge in [0.1, 0.15) is 5.82 Å². The van der Waals surface area contributed by atoms with Crippen LogP contribution in [0.3, 0.4) is 0 Å². The van der Waals surface area contributed by atoms with Crippen molar-refractivity contribution in [3.8, 4) is 0 Å². The lowest BCUT2D eigenvalue weighted by Crippen LogP contribution is -2.19. The average molecular weight is 296 g/mol. The smallest absolute Gasteiger partial charge is 0.316 e. The van der Waals surface area contributed by atoms with Gasteiger partial charge >= 0.3 is 5.69 Å². The second-order valence-corrected chi connectivity index (χ2v) is 5.61. The van der Waals surface area contributed by atoms with Crippen LogP contribution >= 0.6 is 11.8 Å². The summed E-state index contributed by atoms with van der Waals surface area (Å²) in [5.74, 6) is -0.312. The molecule has 1 heterocycles. The minimum atomic E-state index is -0.312. The molecule has 0 aliphatic carbocycles. The number of nitrogens with one attached hydrogen (secondary N) is 2. The molecule has 108 valence electrons. The highest BCUT2D eigenvalue weighted by atomic mass is 32.2. The Labute approximate surface area is 120 Å². The van der Waals surface area contributed by atoms with Gasteiger partial charge < -0.3 is 5.32 Å². The molecule has 0 aliphatic heterocycles. The fraction of sp³-hybridized carbons (Fsp3) is 0.385. The quantitative estimate of drug-likeness (QED) is 0.887. The normalized spacial score (nSPS) is 11.2. The zero-order valence-corrected chi connectivity index (χ0v) is 12.4. The molecule has 0 saturated carbocycles. The molecule has 0 spiro atoms. The Morgan fingerprint density at radius 3 is 2.90 bits per heavy atom. The van der Waals surface area contributed by atoms with Gasteiger partial charge in [-0.2, -0.15) is 0 Å². The molecule has 1 aromatic heterocycles. The van der Waals surface area contributed by atoms with Crippen LogP contribution in [0.5, 0.6) is 0 Å². The van der Waals surface area contributed by atoms with E-state index < -0.39 is 0 Å². The molecule has 5 nitrogen and oxygen atoms in total. The van der Waals surface area contributed by atoms with Crippen LogP contribution < -0.4 is 11.0 Å². The Kier molecular flexibility index (Phi) is 4.61. The first kappa shape index (κ1) is 14.8. The van der Waals surface area contributed by atoms with Crippen molar-refractivity contribution in [1.29, 1.82) is 0 Å². The summed E-state index contributed by atoms with van der Waals surface area (Å²) in [5, 5.41) is 9.85. The van der Waals surface area contributed by atoms with E-state index in [9.17, 15) is 9.18 Å². The lowest BCUT2D eigenvalue weighted by atomic mass is 10.2. The van der Waals surface area contributed by atoms with Crippen LogP contribution in [0, 0.1) is 5.82 Å². The number of aromatic amines is 1. The molecule has 7 heteroatoms. The number of hydrogen-bond acceptors (Lipinski definition) is 4. The van der Waals surface area contributed by atoms with Gasteiger partial charge in [-0.1, -0.05) is 12.1 Å². The Morgan fingerprint density at radius 1 is 1.50 bits per heavy atom. The molecule has 0 radical (unpaired) electrons. The van der Waals surface area contributed by atoms with E-state index in [1.807, 2.05) is 19.9 Å². The summed E-state index contributed by atoms with van der Waals surface area (Å²) in [6, 6.07) is 4.90. The zero-order valence-electron chi connectivity index (χ0n) is 11.6. The van der Waals surface area contributed by atoms with Gasteiger partial charge in [0.15, 0.2) is 5.16 Å². The van der Waals surface area contributed by atoms with E-state index in [2.05, 4.69) is 15.5 Å². The van der Waals surface area contributed by atoms with Crippen molar-refractivity contribution in [2.75, 3.05) is 7.05 Å². The predicted molar refractivity (Wildman–Crippen MR) is 76.5 cm³/mol.